The zero-order chi connectivity index (χ0) is 16.9. The molecule has 0 amide bonds. The van der Waals surface area contributed by atoms with Crippen LogP contribution in [0, 0.1) is 18.3 Å². The SMILES string of the molecule is C=C[C@]12C[C@@H]1[C@@H](n1c(C)cc3c(N)ncnc31)[C@@H]1OC(C)(C)O[C@@H]12. The van der Waals surface area contributed by atoms with E-state index in [0.717, 1.165) is 23.1 Å². The van der Waals surface area contributed by atoms with E-state index in [0.29, 0.717) is 11.7 Å². The molecule has 3 heterocycles. The Bertz CT molecular complexity index is 873. The van der Waals surface area contributed by atoms with Crippen LogP contribution in [0.15, 0.2) is 25.0 Å². The van der Waals surface area contributed by atoms with E-state index < -0.39 is 5.79 Å². The molecule has 3 aliphatic rings. The molecule has 126 valence electrons. The van der Waals surface area contributed by atoms with Crippen molar-refractivity contribution in [3.05, 3.63) is 30.7 Å². The molecule has 5 atom stereocenters. The van der Waals surface area contributed by atoms with E-state index in [1.165, 1.54) is 6.33 Å². The summed E-state index contributed by atoms with van der Waals surface area (Å²) in [6, 6.07) is 2.25. The zero-order valence-electron chi connectivity index (χ0n) is 14.2. The fourth-order valence-corrected chi connectivity index (χ4v) is 5.00. The van der Waals surface area contributed by atoms with Crippen LogP contribution in [-0.2, 0) is 9.47 Å². The third-order valence-corrected chi connectivity index (χ3v) is 6.04. The monoisotopic (exact) mass is 326 g/mol. The van der Waals surface area contributed by atoms with Gasteiger partial charge in [-0.1, -0.05) is 6.08 Å². The highest BCUT2D eigenvalue weighted by Gasteiger charge is 2.74. The second-order valence-corrected chi connectivity index (χ2v) is 7.79. The van der Waals surface area contributed by atoms with Gasteiger partial charge in [0, 0.05) is 11.1 Å². The van der Waals surface area contributed by atoms with Gasteiger partial charge in [0.05, 0.1) is 17.5 Å². The van der Waals surface area contributed by atoms with Crippen molar-refractivity contribution in [1.29, 1.82) is 0 Å². The number of aryl methyl sites for hydroxylation is 1. The molecule has 0 spiro atoms. The first-order valence-electron chi connectivity index (χ1n) is 8.45. The lowest BCUT2D eigenvalue weighted by Gasteiger charge is -2.25. The lowest BCUT2D eigenvalue weighted by Crippen LogP contribution is -2.31. The Morgan fingerprint density at radius 1 is 1.38 bits per heavy atom. The minimum Gasteiger partial charge on any atom is -0.383 e. The van der Waals surface area contributed by atoms with Gasteiger partial charge in [0.2, 0.25) is 0 Å². The minimum atomic E-state index is -0.567. The molecule has 0 aromatic carbocycles. The number of fused-ring (bicyclic) bond motifs is 4. The molecule has 24 heavy (non-hydrogen) atoms. The molecule has 1 aliphatic heterocycles. The van der Waals surface area contributed by atoms with Crippen molar-refractivity contribution in [2.45, 2.75) is 51.2 Å². The molecule has 1 saturated heterocycles. The molecule has 5 rings (SSSR count). The fraction of sp³-hybridized carbons (Fsp3) is 0.556. The van der Waals surface area contributed by atoms with Gasteiger partial charge in [-0.05, 0) is 39.2 Å². The Balaban J connectivity index is 1.69. The van der Waals surface area contributed by atoms with Gasteiger partial charge in [0.25, 0.3) is 0 Å². The molecule has 2 aromatic rings. The lowest BCUT2D eigenvalue weighted by atomic mass is 9.99. The number of rotatable bonds is 2. The van der Waals surface area contributed by atoms with Gasteiger partial charge in [-0.3, -0.25) is 0 Å². The summed E-state index contributed by atoms with van der Waals surface area (Å²) in [7, 11) is 0. The van der Waals surface area contributed by atoms with Crippen LogP contribution in [0.5, 0.6) is 0 Å². The predicted octanol–water partition coefficient (Wildman–Crippen LogP) is 2.59. The molecule has 2 aliphatic carbocycles. The molecular formula is C18H22N4O2. The molecule has 0 bridgehead atoms. The largest absolute Gasteiger partial charge is 0.383 e. The smallest absolute Gasteiger partial charge is 0.163 e. The summed E-state index contributed by atoms with van der Waals surface area (Å²) in [4.78, 5) is 8.63. The topological polar surface area (TPSA) is 75.2 Å². The van der Waals surface area contributed by atoms with Crippen molar-refractivity contribution in [3.63, 3.8) is 0 Å². The Morgan fingerprint density at radius 2 is 2.17 bits per heavy atom. The van der Waals surface area contributed by atoms with Gasteiger partial charge in [-0.25, -0.2) is 9.97 Å². The Morgan fingerprint density at radius 3 is 2.92 bits per heavy atom. The summed E-state index contributed by atoms with van der Waals surface area (Å²) in [6.07, 6.45) is 4.74. The summed E-state index contributed by atoms with van der Waals surface area (Å²) < 4.78 is 14.8. The predicted molar refractivity (Wildman–Crippen MR) is 90.3 cm³/mol. The second-order valence-electron chi connectivity index (χ2n) is 7.79. The number of hydrogen-bond acceptors (Lipinski definition) is 5. The number of ether oxygens (including phenoxy) is 2. The summed E-state index contributed by atoms with van der Waals surface area (Å²) in [5, 5.41) is 0.904. The Hall–Kier alpha value is -1.92. The maximum absolute atomic E-state index is 6.31. The quantitative estimate of drug-likeness (QED) is 0.859. The first-order valence-corrected chi connectivity index (χ1v) is 8.45. The number of nitrogens with zero attached hydrogens (tertiary/aromatic N) is 3. The van der Waals surface area contributed by atoms with Crippen molar-refractivity contribution in [3.8, 4) is 0 Å². The van der Waals surface area contributed by atoms with E-state index in [4.69, 9.17) is 15.2 Å². The van der Waals surface area contributed by atoms with E-state index in [9.17, 15) is 0 Å². The Kier molecular flexibility index (Phi) is 2.51. The van der Waals surface area contributed by atoms with E-state index in [2.05, 4.69) is 40.2 Å². The average molecular weight is 326 g/mol. The average Bonchev–Trinajstić information content (AvgIpc) is 2.92. The molecule has 0 unspecified atom stereocenters. The molecule has 2 aromatic heterocycles. The van der Waals surface area contributed by atoms with Gasteiger partial charge in [-0.2, -0.15) is 0 Å². The molecular weight excluding hydrogens is 304 g/mol. The highest BCUT2D eigenvalue weighted by molar-refractivity contribution is 5.87. The number of nitrogens with two attached hydrogens (primary N) is 1. The van der Waals surface area contributed by atoms with Crippen LogP contribution in [0.1, 0.15) is 32.0 Å². The van der Waals surface area contributed by atoms with E-state index >= 15 is 0 Å². The number of anilines is 1. The summed E-state index contributed by atoms with van der Waals surface area (Å²) >= 11 is 0. The highest BCUT2D eigenvalue weighted by Crippen LogP contribution is 2.72. The summed E-state index contributed by atoms with van der Waals surface area (Å²) in [5.74, 6) is 0.417. The van der Waals surface area contributed by atoms with Crippen LogP contribution in [0.2, 0.25) is 0 Å². The first kappa shape index (κ1) is 14.4. The summed E-state index contributed by atoms with van der Waals surface area (Å²) in [6.45, 7) is 10.1. The minimum absolute atomic E-state index is 0.00207. The lowest BCUT2D eigenvalue weighted by molar-refractivity contribution is -0.159. The van der Waals surface area contributed by atoms with Crippen molar-refractivity contribution in [2.24, 2.45) is 11.3 Å². The highest BCUT2D eigenvalue weighted by atomic mass is 16.8. The van der Waals surface area contributed by atoms with Gasteiger partial charge < -0.3 is 19.8 Å². The molecule has 3 fully saturated rings. The molecule has 6 nitrogen and oxygen atoms in total. The van der Waals surface area contributed by atoms with Gasteiger partial charge >= 0.3 is 0 Å². The maximum Gasteiger partial charge on any atom is 0.163 e. The number of aromatic nitrogens is 3. The molecule has 2 N–H and O–H groups in total. The second kappa shape index (κ2) is 4.18. The third-order valence-electron chi connectivity index (χ3n) is 6.04. The van der Waals surface area contributed by atoms with Crippen LogP contribution >= 0.6 is 0 Å². The normalized spacial score (nSPS) is 39.0. The number of nitrogen functional groups attached to an aromatic ring is 1. The van der Waals surface area contributed by atoms with Crippen molar-refractivity contribution < 1.29 is 9.47 Å². The van der Waals surface area contributed by atoms with E-state index in [1.807, 2.05) is 13.8 Å². The summed E-state index contributed by atoms with van der Waals surface area (Å²) in [5.41, 5.74) is 8.07. The van der Waals surface area contributed by atoms with Gasteiger partial charge in [-0.15, -0.1) is 6.58 Å². The molecule has 2 saturated carbocycles. The van der Waals surface area contributed by atoms with Crippen molar-refractivity contribution in [1.82, 2.24) is 14.5 Å². The fourth-order valence-electron chi connectivity index (χ4n) is 5.00. The maximum atomic E-state index is 6.31. The van der Waals surface area contributed by atoms with Gasteiger partial charge in [0.1, 0.15) is 23.9 Å². The zero-order valence-corrected chi connectivity index (χ0v) is 14.2. The van der Waals surface area contributed by atoms with Crippen LogP contribution in [0.3, 0.4) is 0 Å². The Labute approximate surface area is 140 Å². The van der Waals surface area contributed by atoms with Crippen LogP contribution < -0.4 is 5.73 Å². The first-order chi connectivity index (χ1) is 11.4. The van der Waals surface area contributed by atoms with Crippen LogP contribution in [0.4, 0.5) is 5.82 Å². The van der Waals surface area contributed by atoms with E-state index in [1.54, 1.807) is 0 Å². The molecule has 6 heteroatoms. The van der Waals surface area contributed by atoms with Crippen molar-refractivity contribution >= 4 is 16.9 Å². The molecule has 0 radical (unpaired) electrons. The standard InChI is InChI=1S/C18H22N4O2/c1-5-18-7-11(18)12(13-14(18)24-17(3,4)23-13)22-9(2)6-10-15(19)20-8-21-16(10)22/h5-6,8,11-14H,1,7H2,2-4H3,(H2,19,20,21)/t11-,12-,13+,14+,18+/m1/s1. The van der Waals surface area contributed by atoms with E-state index in [-0.39, 0.29) is 23.7 Å². The van der Waals surface area contributed by atoms with Gasteiger partial charge in [0.15, 0.2) is 5.79 Å². The van der Waals surface area contributed by atoms with Crippen molar-refractivity contribution in [2.75, 3.05) is 5.73 Å². The number of hydrogen-bond donors (Lipinski definition) is 1. The van der Waals surface area contributed by atoms with Crippen LogP contribution in [-0.4, -0.2) is 32.5 Å². The van der Waals surface area contributed by atoms with Crippen LogP contribution in [0.25, 0.3) is 11.0 Å². The third kappa shape index (κ3) is 1.58.